The van der Waals surface area contributed by atoms with Crippen molar-refractivity contribution >= 4 is 5.91 Å². The minimum atomic E-state index is -0.119. The Hall–Kier alpha value is -2.29. The fourth-order valence-corrected chi connectivity index (χ4v) is 2.61. The van der Waals surface area contributed by atoms with Crippen molar-refractivity contribution in [3.05, 3.63) is 65.2 Å². The molecule has 2 aromatic carbocycles. The second-order valence-electron chi connectivity index (χ2n) is 7.24. The first kappa shape index (κ1) is 18.1. The highest BCUT2D eigenvalue weighted by atomic mass is 16.5. The Morgan fingerprint density at radius 1 is 1.12 bits per heavy atom. The van der Waals surface area contributed by atoms with E-state index in [0.717, 1.165) is 16.9 Å². The molecule has 3 nitrogen and oxygen atoms in total. The van der Waals surface area contributed by atoms with E-state index in [1.165, 1.54) is 5.56 Å². The second-order valence-corrected chi connectivity index (χ2v) is 7.24. The number of hydrogen-bond acceptors (Lipinski definition) is 2. The molecule has 0 saturated heterocycles. The number of hydrogen-bond donors (Lipinski definition) is 1. The van der Waals surface area contributed by atoms with Gasteiger partial charge < -0.3 is 10.1 Å². The monoisotopic (exact) mass is 325 g/mol. The van der Waals surface area contributed by atoms with Gasteiger partial charge in [-0.3, -0.25) is 4.79 Å². The minimum Gasteiger partial charge on any atom is -0.483 e. The van der Waals surface area contributed by atoms with Crippen LogP contribution in [0.4, 0.5) is 0 Å². The van der Waals surface area contributed by atoms with Crippen LogP contribution in [-0.2, 0) is 10.2 Å². The molecule has 1 unspecified atom stereocenters. The summed E-state index contributed by atoms with van der Waals surface area (Å²) in [7, 11) is 0. The zero-order valence-electron chi connectivity index (χ0n) is 15.2. The number of ether oxygens (including phenoxy) is 1. The summed E-state index contributed by atoms with van der Waals surface area (Å²) in [5.41, 5.74) is 3.35. The molecule has 1 amide bonds. The number of aryl methyl sites for hydroxylation is 1. The summed E-state index contributed by atoms with van der Waals surface area (Å²) in [6.45, 7) is 10.5. The number of nitrogens with one attached hydrogen (secondary N) is 1. The number of amides is 1. The maximum absolute atomic E-state index is 12.2. The van der Waals surface area contributed by atoms with Gasteiger partial charge in [-0.2, -0.15) is 0 Å². The zero-order chi connectivity index (χ0) is 17.7. The van der Waals surface area contributed by atoms with Crippen LogP contribution in [0.1, 0.15) is 50.4 Å². The third-order valence-corrected chi connectivity index (χ3v) is 3.98. The third kappa shape index (κ3) is 4.85. The highest BCUT2D eigenvalue weighted by Gasteiger charge is 2.20. The average molecular weight is 325 g/mol. The maximum Gasteiger partial charge on any atom is 0.258 e. The van der Waals surface area contributed by atoms with Gasteiger partial charge in [-0.05, 0) is 36.5 Å². The van der Waals surface area contributed by atoms with Crippen molar-refractivity contribution in [2.24, 2.45) is 0 Å². The fraction of sp³-hybridized carbons (Fsp3) is 0.381. The molecule has 1 atom stereocenters. The molecule has 0 aromatic heterocycles. The van der Waals surface area contributed by atoms with Gasteiger partial charge in [0.15, 0.2) is 6.61 Å². The first-order valence-corrected chi connectivity index (χ1v) is 8.35. The highest BCUT2D eigenvalue weighted by molar-refractivity contribution is 5.78. The smallest absolute Gasteiger partial charge is 0.258 e. The minimum absolute atomic E-state index is 0.0172. The zero-order valence-corrected chi connectivity index (χ0v) is 15.2. The fourth-order valence-electron chi connectivity index (χ4n) is 2.61. The van der Waals surface area contributed by atoms with E-state index in [2.05, 4.69) is 39.1 Å². The van der Waals surface area contributed by atoms with Crippen LogP contribution in [0, 0.1) is 6.92 Å². The quantitative estimate of drug-likeness (QED) is 0.876. The van der Waals surface area contributed by atoms with Gasteiger partial charge in [0.2, 0.25) is 0 Å². The molecule has 2 rings (SSSR count). The molecular weight excluding hydrogens is 298 g/mol. The van der Waals surface area contributed by atoms with Gasteiger partial charge in [-0.25, -0.2) is 0 Å². The first-order chi connectivity index (χ1) is 11.3. The Balaban J connectivity index is 2.00. The lowest BCUT2D eigenvalue weighted by Crippen LogP contribution is -2.31. The molecule has 0 bridgehead atoms. The summed E-state index contributed by atoms with van der Waals surface area (Å²) in [6.07, 6.45) is 0. The molecule has 3 heteroatoms. The van der Waals surface area contributed by atoms with Gasteiger partial charge in [0.25, 0.3) is 5.91 Å². The predicted molar refractivity (Wildman–Crippen MR) is 98.4 cm³/mol. The van der Waals surface area contributed by atoms with E-state index in [1.54, 1.807) is 0 Å². The van der Waals surface area contributed by atoms with Crippen LogP contribution in [-0.4, -0.2) is 12.5 Å². The molecule has 0 radical (unpaired) electrons. The molecule has 0 fully saturated rings. The average Bonchev–Trinajstić information content (AvgIpc) is 2.53. The molecule has 0 heterocycles. The van der Waals surface area contributed by atoms with Crippen LogP contribution in [0.3, 0.4) is 0 Å². The molecule has 0 aliphatic carbocycles. The van der Waals surface area contributed by atoms with Crippen LogP contribution >= 0.6 is 0 Å². The lowest BCUT2D eigenvalue weighted by molar-refractivity contribution is -0.123. The second kappa shape index (κ2) is 7.52. The van der Waals surface area contributed by atoms with E-state index in [-0.39, 0.29) is 24.0 Å². The van der Waals surface area contributed by atoms with Crippen molar-refractivity contribution in [1.29, 1.82) is 0 Å². The normalized spacial score (nSPS) is 12.5. The lowest BCUT2D eigenvalue weighted by atomic mass is 9.85. The van der Waals surface area contributed by atoms with E-state index in [0.29, 0.717) is 0 Å². The van der Waals surface area contributed by atoms with E-state index in [1.807, 2.05) is 49.4 Å². The molecule has 0 saturated carbocycles. The van der Waals surface area contributed by atoms with Gasteiger partial charge >= 0.3 is 0 Å². The van der Waals surface area contributed by atoms with Crippen LogP contribution in [0.5, 0.6) is 5.75 Å². The molecule has 2 aromatic rings. The van der Waals surface area contributed by atoms with Gasteiger partial charge in [0, 0.05) is 0 Å². The van der Waals surface area contributed by atoms with Crippen molar-refractivity contribution in [1.82, 2.24) is 5.32 Å². The predicted octanol–water partition coefficient (Wildman–Crippen LogP) is 4.55. The molecule has 0 aliphatic heterocycles. The van der Waals surface area contributed by atoms with Crippen LogP contribution in [0.25, 0.3) is 0 Å². The Morgan fingerprint density at radius 3 is 2.42 bits per heavy atom. The van der Waals surface area contributed by atoms with E-state index < -0.39 is 0 Å². The molecule has 1 N–H and O–H groups in total. The van der Waals surface area contributed by atoms with Crippen LogP contribution in [0.2, 0.25) is 0 Å². The molecular formula is C21H27NO2. The van der Waals surface area contributed by atoms with E-state index in [4.69, 9.17) is 4.74 Å². The van der Waals surface area contributed by atoms with Crippen molar-refractivity contribution in [2.45, 2.75) is 46.1 Å². The Kier molecular flexibility index (Phi) is 5.66. The standard InChI is InChI=1S/C21H27NO2/c1-15-11-12-19(18(13-15)21(3,4)5)24-14-20(23)22-16(2)17-9-7-6-8-10-17/h6-13,16H,14H2,1-5H3,(H,22,23). The number of carbonyl (C=O) groups is 1. The summed E-state index contributed by atoms with van der Waals surface area (Å²) < 4.78 is 5.81. The largest absolute Gasteiger partial charge is 0.483 e. The van der Waals surface area contributed by atoms with Crippen molar-refractivity contribution in [3.8, 4) is 5.75 Å². The van der Waals surface area contributed by atoms with Gasteiger partial charge in [0.05, 0.1) is 6.04 Å². The SMILES string of the molecule is Cc1ccc(OCC(=O)NC(C)c2ccccc2)c(C(C)(C)C)c1. The summed E-state index contributed by atoms with van der Waals surface area (Å²) >= 11 is 0. The molecule has 128 valence electrons. The summed E-state index contributed by atoms with van der Waals surface area (Å²) in [6, 6.07) is 16.0. The van der Waals surface area contributed by atoms with Crippen molar-refractivity contribution < 1.29 is 9.53 Å². The Labute approximate surface area is 145 Å². The van der Waals surface area contributed by atoms with Crippen LogP contribution in [0.15, 0.2) is 48.5 Å². The number of benzene rings is 2. The topological polar surface area (TPSA) is 38.3 Å². The maximum atomic E-state index is 12.2. The molecule has 24 heavy (non-hydrogen) atoms. The molecule has 0 spiro atoms. The van der Waals surface area contributed by atoms with Gasteiger partial charge in [-0.15, -0.1) is 0 Å². The van der Waals surface area contributed by atoms with Gasteiger partial charge in [-0.1, -0.05) is 68.8 Å². The van der Waals surface area contributed by atoms with E-state index in [9.17, 15) is 4.79 Å². The Bertz CT molecular complexity index is 687. The lowest BCUT2D eigenvalue weighted by Gasteiger charge is -2.23. The summed E-state index contributed by atoms with van der Waals surface area (Å²) in [5, 5.41) is 2.97. The van der Waals surface area contributed by atoms with Crippen LogP contribution < -0.4 is 10.1 Å². The number of rotatable bonds is 5. The van der Waals surface area contributed by atoms with Crippen molar-refractivity contribution in [2.75, 3.05) is 6.61 Å². The summed E-state index contributed by atoms with van der Waals surface area (Å²) in [5.74, 6) is 0.655. The van der Waals surface area contributed by atoms with Gasteiger partial charge in [0.1, 0.15) is 5.75 Å². The number of carbonyl (C=O) groups excluding carboxylic acids is 1. The highest BCUT2D eigenvalue weighted by Crippen LogP contribution is 2.32. The third-order valence-electron chi connectivity index (χ3n) is 3.98. The molecule has 0 aliphatic rings. The van der Waals surface area contributed by atoms with Crippen molar-refractivity contribution in [3.63, 3.8) is 0 Å². The van der Waals surface area contributed by atoms with E-state index >= 15 is 0 Å². The Morgan fingerprint density at radius 2 is 1.79 bits per heavy atom. The summed E-state index contributed by atoms with van der Waals surface area (Å²) in [4.78, 5) is 12.2. The first-order valence-electron chi connectivity index (χ1n) is 8.35.